The van der Waals surface area contributed by atoms with Crippen LogP contribution in [0.4, 0.5) is 0 Å². The van der Waals surface area contributed by atoms with E-state index in [4.69, 9.17) is 9.47 Å². The van der Waals surface area contributed by atoms with E-state index in [9.17, 15) is 20.4 Å². The van der Waals surface area contributed by atoms with Crippen LogP contribution in [0.5, 0.6) is 0 Å². The lowest BCUT2D eigenvalue weighted by Crippen LogP contribution is -2.65. The van der Waals surface area contributed by atoms with Crippen molar-refractivity contribution >= 4 is 0 Å². The van der Waals surface area contributed by atoms with Crippen molar-refractivity contribution in [1.29, 1.82) is 0 Å². The Labute approximate surface area is 152 Å². The summed E-state index contributed by atoms with van der Waals surface area (Å²) in [5.74, 6) is -1.37. The summed E-state index contributed by atoms with van der Waals surface area (Å²) < 4.78 is 11.0. The Bertz CT molecular complexity index is 338. The highest BCUT2D eigenvalue weighted by Gasteiger charge is 2.53. The van der Waals surface area contributed by atoms with Crippen LogP contribution in [-0.4, -0.2) is 64.3 Å². The molecule has 5 atom stereocenters. The number of aliphatic hydroxyl groups is 4. The van der Waals surface area contributed by atoms with Gasteiger partial charge in [-0.2, -0.15) is 0 Å². The van der Waals surface area contributed by atoms with Crippen LogP contribution in [-0.2, 0) is 9.47 Å². The maximum atomic E-state index is 10.3. The number of hydrogen-bond acceptors (Lipinski definition) is 6. The molecule has 0 amide bonds. The molecule has 0 saturated carbocycles. The molecule has 0 spiro atoms. The van der Waals surface area contributed by atoms with Crippen LogP contribution in [0.25, 0.3) is 0 Å². The van der Waals surface area contributed by atoms with Gasteiger partial charge in [-0.25, -0.2) is 0 Å². The molecule has 4 N–H and O–H groups in total. The molecule has 1 unspecified atom stereocenters. The first-order valence-electron chi connectivity index (χ1n) is 9.90. The summed E-state index contributed by atoms with van der Waals surface area (Å²) in [5.41, 5.74) is 0. The Balaban J connectivity index is 2.28. The second-order valence-electron chi connectivity index (χ2n) is 7.21. The van der Waals surface area contributed by atoms with Crippen LogP contribution in [0, 0.1) is 0 Å². The van der Waals surface area contributed by atoms with Crippen molar-refractivity contribution in [3.63, 3.8) is 0 Å². The molecule has 1 fully saturated rings. The predicted molar refractivity (Wildman–Crippen MR) is 96.2 cm³/mol. The minimum atomic E-state index is -1.39. The largest absolute Gasteiger partial charge is 0.394 e. The smallest absolute Gasteiger partial charge is 0.197 e. The molecule has 0 radical (unpaired) electrons. The molecular formula is C19H38O6. The number of hydrogen-bond donors (Lipinski definition) is 4. The molecule has 0 aromatic rings. The average Bonchev–Trinajstić information content (AvgIpc) is 2.63. The van der Waals surface area contributed by atoms with Crippen LogP contribution in [0.15, 0.2) is 0 Å². The summed E-state index contributed by atoms with van der Waals surface area (Å²) in [7, 11) is 1.42. The van der Waals surface area contributed by atoms with Crippen LogP contribution in [0.3, 0.4) is 0 Å². The van der Waals surface area contributed by atoms with Gasteiger partial charge >= 0.3 is 0 Å². The van der Waals surface area contributed by atoms with Crippen molar-refractivity contribution in [2.75, 3.05) is 13.7 Å². The Kier molecular flexibility index (Phi) is 11.1. The second kappa shape index (κ2) is 12.2. The third-order valence-electron chi connectivity index (χ3n) is 5.26. The standard InChI is InChI=1S/C19H38O6/c1-3-4-5-6-7-8-9-10-11-12-13-19(24-2)18(23)17(22)16(21)15(14-20)25-19/h15-18,20-23H,3-14H2,1-2H3/t15-,16-,17+,18-,19?/m1/s1. The zero-order valence-corrected chi connectivity index (χ0v) is 15.9. The number of ether oxygens (including phenoxy) is 2. The van der Waals surface area contributed by atoms with Crippen molar-refractivity contribution < 1.29 is 29.9 Å². The third-order valence-corrected chi connectivity index (χ3v) is 5.26. The lowest BCUT2D eigenvalue weighted by Gasteiger charge is -2.47. The first-order valence-corrected chi connectivity index (χ1v) is 9.90. The first kappa shape index (κ1) is 22.8. The Hall–Kier alpha value is -0.240. The van der Waals surface area contributed by atoms with Gasteiger partial charge in [0.1, 0.15) is 24.4 Å². The molecule has 6 nitrogen and oxygen atoms in total. The maximum absolute atomic E-state index is 10.3. The summed E-state index contributed by atoms with van der Waals surface area (Å²) in [6.45, 7) is 1.79. The van der Waals surface area contributed by atoms with Crippen LogP contribution >= 0.6 is 0 Å². The summed E-state index contributed by atoms with van der Waals surface area (Å²) in [5, 5.41) is 39.4. The van der Waals surface area contributed by atoms with Gasteiger partial charge in [0.15, 0.2) is 5.79 Å². The van der Waals surface area contributed by atoms with Gasteiger partial charge in [-0.15, -0.1) is 0 Å². The average molecular weight is 363 g/mol. The molecule has 0 bridgehead atoms. The lowest BCUT2D eigenvalue weighted by molar-refractivity contribution is -0.359. The summed E-state index contributed by atoms with van der Waals surface area (Å²) >= 11 is 0. The fourth-order valence-corrected chi connectivity index (χ4v) is 3.54. The normalized spacial score (nSPS) is 32.9. The molecule has 1 heterocycles. The monoisotopic (exact) mass is 362 g/mol. The third kappa shape index (κ3) is 6.77. The van der Waals surface area contributed by atoms with E-state index >= 15 is 0 Å². The van der Waals surface area contributed by atoms with Crippen LogP contribution < -0.4 is 0 Å². The highest BCUT2D eigenvalue weighted by atomic mass is 16.7. The summed E-state index contributed by atoms with van der Waals surface area (Å²) in [6.07, 6.45) is 7.35. The SMILES string of the molecule is CCCCCCCCCCCCC1(OC)O[C@H](CO)[C@@H](O)[C@H](O)[C@H]1O. The zero-order valence-electron chi connectivity index (χ0n) is 15.9. The van der Waals surface area contributed by atoms with Gasteiger partial charge in [0.05, 0.1) is 6.61 Å². The molecule has 0 aromatic heterocycles. The van der Waals surface area contributed by atoms with E-state index in [-0.39, 0.29) is 0 Å². The molecular weight excluding hydrogens is 324 g/mol. The van der Waals surface area contributed by atoms with Gasteiger partial charge < -0.3 is 29.9 Å². The second-order valence-corrected chi connectivity index (χ2v) is 7.21. The molecule has 1 aliphatic heterocycles. The fourth-order valence-electron chi connectivity index (χ4n) is 3.54. The lowest BCUT2D eigenvalue weighted by atomic mass is 9.89. The van der Waals surface area contributed by atoms with Crippen molar-refractivity contribution in [2.24, 2.45) is 0 Å². The number of methoxy groups -OCH3 is 1. The molecule has 0 aromatic carbocycles. The first-order chi connectivity index (χ1) is 12.0. The molecule has 6 heteroatoms. The van der Waals surface area contributed by atoms with Crippen LogP contribution in [0.2, 0.25) is 0 Å². The summed E-state index contributed by atoms with van der Waals surface area (Å²) in [6, 6.07) is 0. The fraction of sp³-hybridized carbons (Fsp3) is 1.00. The summed E-state index contributed by atoms with van der Waals surface area (Å²) in [4.78, 5) is 0. The van der Waals surface area contributed by atoms with E-state index in [1.54, 1.807) is 0 Å². The molecule has 25 heavy (non-hydrogen) atoms. The minimum absolute atomic E-state index is 0.418. The number of unbranched alkanes of at least 4 members (excludes halogenated alkanes) is 9. The molecule has 1 aliphatic rings. The molecule has 1 rings (SSSR count). The van der Waals surface area contributed by atoms with Gasteiger partial charge in [-0.1, -0.05) is 64.7 Å². The minimum Gasteiger partial charge on any atom is -0.394 e. The van der Waals surface area contributed by atoms with Gasteiger partial charge in [-0.05, 0) is 6.42 Å². The quantitative estimate of drug-likeness (QED) is 0.375. The van der Waals surface area contributed by atoms with E-state index in [1.807, 2.05) is 0 Å². The molecule has 1 saturated heterocycles. The van der Waals surface area contributed by atoms with Crippen LogP contribution in [0.1, 0.15) is 77.6 Å². The van der Waals surface area contributed by atoms with Crippen molar-refractivity contribution in [1.82, 2.24) is 0 Å². The van der Waals surface area contributed by atoms with Crippen molar-refractivity contribution in [3.05, 3.63) is 0 Å². The highest BCUT2D eigenvalue weighted by Crippen LogP contribution is 2.35. The zero-order chi connectivity index (χ0) is 18.7. The van der Waals surface area contributed by atoms with E-state index in [0.717, 1.165) is 19.3 Å². The topological polar surface area (TPSA) is 99.4 Å². The number of rotatable bonds is 13. The molecule has 150 valence electrons. The van der Waals surface area contributed by atoms with E-state index < -0.39 is 36.8 Å². The van der Waals surface area contributed by atoms with Gasteiger partial charge in [0, 0.05) is 13.5 Å². The maximum Gasteiger partial charge on any atom is 0.197 e. The Morgan fingerprint density at radius 2 is 1.36 bits per heavy atom. The Morgan fingerprint density at radius 3 is 1.84 bits per heavy atom. The van der Waals surface area contributed by atoms with Gasteiger partial charge in [0.25, 0.3) is 0 Å². The van der Waals surface area contributed by atoms with E-state index in [1.165, 1.54) is 52.1 Å². The van der Waals surface area contributed by atoms with E-state index in [0.29, 0.717) is 6.42 Å². The van der Waals surface area contributed by atoms with Gasteiger partial charge in [-0.3, -0.25) is 0 Å². The van der Waals surface area contributed by atoms with E-state index in [2.05, 4.69) is 6.92 Å². The number of aliphatic hydroxyl groups excluding tert-OH is 4. The Morgan fingerprint density at radius 1 is 0.840 bits per heavy atom. The predicted octanol–water partition coefficient (Wildman–Crippen LogP) is 2.11. The molecule has 0 aliphatic carbocycles. The highest BCUT2D eigenvalue weighted by molar-refractivity contribution is 4.96. The van der Waals surface area contributed by atoms with Gasteiger partial charge in [0.2, 0.25) is 0 Å². The van der Waals surface area contributed by atoms with Crippen molar-refractivity contribution in [3.8, 4) is 0 Å². The van der Waals surface area contributed by atoms with Crippen molar-refractivity contribution in [2.45, 2.75) is 108 Å².